The molecule has 0 saturated heterocycles. The number of hydrogen-bond donors (Lipinski definition) is 3. The van der Waals surface area contributed by atoms with Crippen molar-refractivity contribution in [3.05, 3.63) is 0 Å². The Bertz CT molecular complexity index is 211. The van der Waals surface area contributed by atoms with Crippen molar-refractivity contribution in [3.63, 3.8) is 0 Å². The monoisotopic (exact) mass is 244 g/mol. The molecule has 0 aliphatic heterocycles. The van der Waals surface area contributed by atoms with Crippen LogP contribution in [0.2, 0.25) is 0 Å². The molecule has 5 nitrogen and oxygen atoms in total. The second-order valence-electron chi connectivity index (χ2n) is 5.16. The van der Waals surface area contributed by atoms with Gasteiger partial charge in [0.15, 0.2) is 0 Å². The summed E-state index contributed by atoms with van der Waals surface area (Å²) in [5.41, 5.74) is 2.90. The molecule has 4 N–H and O–H groups in total. The van der Waals surface area contributed by atoms with E-state index in [-0.39, 0.29) is 0 Å². The number of nitrogens with one attached hydrogen (secondary N) is 2. The Morgan fingerprint density at radius 1 is 1.35 bits per heavy atom. The van der Waals surface area contributed by atoms with E-state index >= 15 is 0 Å². The third-order valence-electron chi connectivity index (χ3n) is 2.22. The average Bonchev–Trinajstić information content (AvgIpc) is 2.25. The number of guanidine groups is 1. The predicted octanol–water partition coefficient (Wildman–Crippen LogP) is 1.26. The number of nitrogens with zero attached hydrogens (tertiary/aromatic N) is 1. The smallest absolute Gasteiger partial charge is 0.205 e. The summed E-state index contributed by atoms with van der Waals surface area (Å²) < 4.78 is 5.23. The van der Waals surface area contributed by atoms with E-state index in [0.717, 1.165) is 39.1 Å². The fourth-order valence-corrected chi connectivity index (χ4v) is 1.21. The highest BCUT2D eigenvalue weighted by atomic mass is 16.5. The standard InChI is InChI=1S/C12H28N4O/c1-5-17-10-6-8-14-11(16-13)15-9-7-12(2,3)4/h5-10,13H2,1-4H3,(H2,14,15,16). The fraction of sp³-hybridized carbons (Fsp3) is 0.917. The summed E-state index contributed by atoms with van der Waals surface area (Å²) in [5.74, 6) is 6.05. The zero-order chi connectivity index (χ0) is 13.1. The van der Waals surface area contributed by atoms with Gasteiger partial charge in [-0.1, -0.05) is 20.8 Å². The Balaban J connectivity index is 3.70. The average molecular weight is 244 g/mol. The van der Waals surface area contributed by atoms with Crippen LogP contribution < -0.4 is 16.6 Å². The van der Waals surface area contributed by atoms with Crippen molar-refractivity contribution in [1.29, 1.82) is 0 Å². The molecule has 0 rings (SSSR count). The molecule has 0 radical (unpaired) electrons. The third-order valence-corrected chi connectivity index (χ3v) is 2.22. The van der Waals surface area contributed by atoms with Crippen LogP contribution in [-0.4, -0.2) is 32.3 Å². The first-order chi connectivity index (χ1) is 7.99. The highest BCUT2D eigenvalue weighted by Crippen LogP contribution is 2.16. The lowest BCUT2D eigenvalue weighted by molar-refractivity contribution is 0.146. The molecule has 0 fully saturated rings. The number of hydrazine groups is 1. The molecule has 0 aromatic carbocycles. The van der Waals surface area contributed by atoms with E-state index in [2.05, 4.69) is 36.5 Å². The van der Waals surface area contributed by atoms with E-state index in [1.54, 1.807) is 0 Å². The van der Waals surface area contributed by atoms with Gasteiger partial charge in [0.05, 0.1) is 0 Å². The number of nitrogens with two attached hydrogens (primary N) is 1. The van der Waals surface area contributed by atoms with E-state index in [1.807, 2.05) is 6.92 Å². The van der Waals surface area contributed by atoms with Gasteiger partial charge in [-0.15, -0.1) is 0 Å². The highest BCUT2D eigenvalue weighted by molar-refractivity contribution is 5.79. The van der Waals surface area contributed by atoms with Crippen molar-refractivity contribution >= 4 is 5.96 Å². The van der Waals surface area contributed by atoms with Gasteiger partial charge in [-0.2, -0.15) is 0 Å². The van der Waals surface area contributed by atoms with Gasteiger partial charge in [-0.25, -0.2) is 5.84 Å². The Morgan fingerprint density at radius 3 is 2.59 bits per heavy atom. The normalized spacial score (nSPS) is 12.6. The van der Waals surface area contributed by atoms with Gasteiger partial charge >= 0.3 is 0 Å². The summed E-state index contributed by atoms with van der Waals surface area (Å²) in [6.07, 6.45) is 1.99. The first kappa shape index (κ1) is 16.2. The lowest BCUT2D eigenvalue weighted by Gasteiger charge is -2.18. The quantitative estimate of drug-likeness (QED) is 0.207. The Kier molecular flexibility index (Phi) is 8.80. The van der Waals surface area contributed by atoms with Crippen molar-refractivity contribution in [2.24, 2.45) is 16.3 Å². The van der Waals surface area contributed by atoms with Crippen LogP contribution in [0.1, 0.15) is 40.5 Å². The molecule has 0 bridgehead atoms. The molecule has 0 aromatic heterocycles. The molecular formula is C12H28N4O. The highest BCUT2D eigenvalue weighted by Gasteiger charge is 2.09. The number of aliphatic imine (C=N–C) groups is 1. The molecule has 0 atom stereocenters. The SMILES string of the molecule is CCOCCCN=C(NN)NCCC(C)(C)C. The number of hydrogen-bond acceptors (Lipinski definition) is 3. The molecular weight excluding hydrogens is 216 g/mol. The van der Waals surface area contributed by atoms with Crippen LogP contribution in [0, 0.1) is 5.41 Å². The Labute approximate surface area is 105 Å². The lowest BCUT2D eigenvalue weighted by Crippen LogP contribution is -2.42. The Morgan fingerprint density at radius 2 is 2.06 bits per heavy atom. The molecule has 0 aliphatic carbocycles. The van der Waals surface area contributed by atoms with E-state index in [9.17, 15) is 0 Å². The maximum Gasteiger partial charge on any atom is 0.205 e. The van der Waals surface area contributed by atoms with E-state index in [0.29, 0.717) is 11.4 Å². The molecule has 5 heteroatoms. The van der Waals surface area contributed by atoms with Gasteiger partial charge in [-0.05, 0) is 25.2 Å². The van der Waals surface area contributed by atoms with Crippen LogP contribution in [0.15, 0.2) is 4.99 Å². The van der Waals surface area contributed by atoms with E-state index in [1.165, 1.54) is 0 Å². The second kappa shape index (κ2) is 9.24. The minimum absolute atomic E-state index is 0.321. The molecule has 17 heavy (non-hydrogen) atoms. The number of rotatable bonds is 7. The summed E-state index contributed by atoms with van der Waals surface area (Å²) in [4.78, 5) is 4.32. The number of ether oxygens (including phenoxy) is 1. The second-order valence-corrected chi connectivity index (χ2v) is 5.16. The van der Waals surface area contributed by atoms with Crippen LogP contribution >= 0.6 is 0 Å². The minimum Gasteiger partial charge on any atom is -0.382 e. The molecule has 0 heterocycles. The topological polar surface area (TPSA) is 71.7 Å². The Hall–Kier alpha value is -0.810. The summed E-state index contributed by atoms with van der Waals surface area (Å²) in [6.45, 7) is 11.7. The van der Waals surface area contributed by atoms with Gasteiger partial charge in [0.2, 0.25) is 5.96 Å². The van der Waals surface area contributed by atoms with Crippen molar-refractivity contribution in [2.75, 3.05) is 26.3 Å². The molecule has 0 amide bonds. The lowest BCUT2D eigenvalue weighted by atomic mass is 9.92. The minimum atomic E-state index is 0.321. The van der Waals surface area contributed by atoms with Crippen LogP contribution in [0.5, 0.6) is 0 Å². The molecule has 0 unspecified atom stereocenters. The first-order valence-electron chi connectivity index (χ1n) is 6.32. The van der Waals surface area contributed by atoms with Crippen LogP contribution in [0.4, 0.5) is 0 Å². The largest absolute Gasteiger partial charge is 0.382 e. The van der Waals surface area contributed by atoms with E-state index < -0.39 is 0 Å². The molecule has 0 spiro atoms. The van der Waals surface area contributed by atoms with Gasteiger partial charge in [0.1, 0.15) is 0 Å². The summed E-state index contributed by atoms with van der Waals surface area (Å²) in [5, 5.41) is 3.19. The van der Waals surface area contributed by atoms with E-state index in [4.69, 9.17) is 10.6 Å². The van der Waals surface area contributed by atoms with Gasteiger partial charge in [0.25, 0.3) is 0 Å². The molecule has 102 valence electrons. The van der Waals surface area contributed by atoms with Gasteiger partial charge < -0.3 is 10.1 Å². The van der Waals surface area contributed by atoms with Gasteiger partial charge in [0, 0.05) is 26.3 Å². The predicted molar refractivity (Wildman–Crippen MR) is 72.8 cm³/mol. The third kappa shape index (κ3) is 11.5. The van der Waals surface area contributed by atoms with Crippen molar-refractivity contribution in [3.8, 4) is 0 Å². The fourth-order valence-electron chi connectivity index (χ4n) is 1.21. The maximum absolute atomic E-state index is 5.39. The molecule has 0 saturated carbocycles. The van der Waals surface area contributed by atoms with Crippen LogP contribution in [-0.2, 0) is 4.74 Å². The van der Waals surface area contributed by atoms with Crippen LogP contribution in [0.25, 0.3) is 0 Å². The summed E-state index contributed by atoms with van der Waals surface area (Å²) >= 11 is 0. The maximum atomic E-state index is 5.39. The summed E-state index contributed by atoms with van der Waals surface area (Å²) in [7, 11) is 0. The van der Waals surface area contributed by atoms with Crippen molar-refractivity contribution in [1.82, 2.24) is 10.7 Å². The summed E-state index contributed by atoms with van der Waals surface area (Å²) in [6, 6.07) is 0. The van der Waals surface area contributed by atoms with Crippen molar-refractivity contribution < 1.29 is 4.74 Å². The zero-order valence-corrected chi connectivity index (χ0v) is 11.7. The zero-order valence-electron chi connectivity index (χ0n) is 11.7. The molecule has 0 aliphatic rings. The molecule has 0 aromatic rings. The van der Waals surface area contributed by atoms with Crippen LogP contribution in [0.3, 0.4) is 0 Å². The van der Waals surface area contributed by atoms with Crippen molar-refractivity contribution in [2.45, 2.75) is 40.5 Å². The van der Waals surface area contributed by atoms with Gasteiger partial charge in [-0.3, -0.25) is 10.4 Å². The first-order valence-corrected chi connectivity index (χ1v) is 6.32.